The fourth-order valence-electron chi connectivity index (χ4n) is 1.65. The molecule has 0 fully saturated rings. The van der Waals surface area contributed by atoms with E-state index < -0.39 is 0 Å². The topological polar surface area (TPSA) is 39.9 Å². The van der Waals surface area contributed by atoms with Crippen molar-refractivity contribution in [3.63, 3.8) is 0 Å². The SMILES string of the molecule is CCCCCCOn1nnc2cc(Cl)ccc21. The van der Waals surface area contributed by atoms with E-state index in [1.807, 2.05) is 12.1 Å². The Morgan fingerprint density at radius 1 is 1.29 bits per heavy atom. The number of hydrogen-bond donors (Lipinski definition) is 0. The fourth-order valence-corrected chi connectivity index (χ4v) is 1.82. The Morgan fingerprint density at radius 3 is 3.00 bits per heavy atom. The Kier molecular flexibility index (Phi) is 4.20. The Morgan fingerprint density at radius 2 is 2.18 bits per heavy atom. The van der Waals surface area contributed by atoms with E-state index >= 15 is 0 Å². The normalized spacial score (nSPS) is 10.9. The van der Waals surface area contributed by atoms with Crippen molar-refractivity contribution in [2.75, 3.05) is 6.61 Å². The average Bonchev–Trinajstić information content (AvgIpc) is 2.71. The summed E-state index contributed by atoms with van der Waals surface area (Å²) in [6, 6.07) is 5.45. The van der Waals surface area contributed by atoms with Crippen LogP contribution < -0.4 is 4.84 Å². The van der Waals surface area contributed by atoms with Gasteiger partial charge in [0.25, 0.3) is 0 Å². The van der Waals surface area contributed by atoms with Gasteiger partial charge in [-0.15, -0.1) is 5.10 Å². The highest BCUT2D eigenvalue weighted by molar-refractivity contribution is 6.31. The first-order valence-electron chi connectivity index (χ1n) is 5.95. The summed E-state index contributed by atoms with van der Waals surface area (Å²) in [5.74, 6) is 0. The summed E-state index contributed by atoms with van der Waals surface area (Å²) in [5.41, 5.74) is 1.61. The van der Waals surface area contributed by atoms with Gasteiger partial charge in [-0.2, -0.15) is 0 Å². The molecule has 0 saturated carbocycles. The minimum atomic E-state index is 0.660. The summed E-state index contributed by atoms with van der Waals surface area (Å²) in [6.45, 7) is 2.86. The summed E-state index contributed by atoms with van der Waals surface area (Å²) >= 11 is 5.87. The van der Waals surface area contributed by atoms with Crippen molar-refractivity contribution in [1.29, 1.82) is 0 Å². The molecular formula is C12H16ClN3O. The molecule has 1 aromatic heterocycles. The highest BCUT2D eigenvalue weighted by Crippen LogP contribution is 2.16. The lowest BCUT2D eigenvalue weighted by atomic mass is 10.2. The third-order valence-electron chi connectivity index (χ3n) is 2.59. The Labute approximate surface area is 105 Å². The zero-order chi connectivity index (χ0) is 12.1. The number of fused-ring (bicyclic) bond motifs is 1. The lowest BCUT2D eigenvalue weighted by Gasteiger charge is -2.04. The summed E-state index contributed by atoms with van der Waals surface area (Å²) in [5, 5.41) is 8.60. The second-order valence-corrected chi connectivity index (χ2v) is 4.43. The molecule has 0 radical (unpaired) electrons. The summed E-state index contributed by atoms with van der Waals surface area (Å²) in [6.07, 6.45) is 4.71. The molecular weight excluding hydrogens is 238 g/mol. The Hall–Kier alpha value is -1.29. The summed E-state index contributed by atoms with van der Waals surface area (Å²) in [4.78, 5) is 7.02. The van der Waals surface area contributed by atoms with Gasteiger partial charge in [0, 0.05) is 5.02 Å². The van der Waals surface area contributed by atoms with Crippen LogP contribution in [0.15, 0.2) is 18.2 Å². The van der Waals surface area contributed by atoms with Crippen LogP contribution in [0.3, 0.4) is 0 Å². The lowest BCUT2D eigenvalue weighted by molar-refractivity contribution is 0.0843. The van der Waals surface area contributed by atoms with Crippen LogP contribution >= 0.6 is 11.6 Å². The van der Waals surface area contributed by atoms with Gasteiger partial charge in [0.05, 0.1) is 0 Å². The highest BCUT2D eigenvalue weighted by Gasteiger charge is 2.05. The van der Waals surface area contributed by atoms with Crippen molar-refractivity contribution in [2.24, 2.45) is 0 Å². The standard InChI is InChI=1S/C12H16ClN3O/c1-2-3-4-5-8-17-16-12-7-6-10(13)9-11(12)14-15-16/h6-7,9H,2-5,8H2,1H3. The molecule has 0 unspecified atom stereocenters. The van der Waals surface area contributed by atoms with Crippen LogP contribution in [0.1, 0.15) is 32.6 Å². The predicted octanol–water partition coefficient (Wildman–Crippen LogP) is 3.09. The maximum absolute atomic E-state index is 5.87. The number of rotatable bonds is 6. The zero-order valence-electron chi connectivity index (χ0n) is 9.90. The van der Waals surface area contributed by atoms with E-state index in [4.69, 9.17) is 16.4 Å². The monoisotopic (exact) mass is 253 g/mol. The van der Waals surface area contributed by atoms with Gasteiger partial charge in [-0.1, -0.05) is 36.2 Å². The van der Waals surface area contributed by atoms with Gasteiger partial charge in [-0.3, -0.25) is 0 Å². The predicted molar refractivity (Wildman–Crippen MR) is 68.1 cm³/mol. The van der Waals surface area contributed by atoms with Gasteiger partial charge in [-0.05, 0) is 36.3 Å². The first-order chi connectivity index (χ1) is 8.31. The molecule has 0 aliphatic carbocycles. The van der Waals surface area contributed by atoms with Crippen molar-refractivity contribution in [3.05, 3.63) is 23.2 Å². The molecule has 0 atom stereocenters. The van der Waals surface area contributed by atoms with E-state index in [0.29, 0.717) is 11.6 Å². The van der Waals surface area contributed by atoms with Crippen LogP contribution in [0.25, 0.3) is 11.0 Å². The Bertz CT molecular complexity index is 484. The van der Waals surface area contributed by atoms with E-state index in [0.717, 1.165) is 17.5 Å². The van der Waals surface area contributed by atoms with Crippen LogP contribution in [0.2, 0.25) is 5.02 Å². The van der Waals surface area contributed by atoms with Crippen molar-refractivity contribution in [3.8, 4) is 0 Å². The molecule has 2 aromatic rings. The largest absolute Gasteiger partial charge is 0.395 e. The molecule has 2 rings (SSSR count). The van der Waals surface area contributed by atoms with Crippen molar-refractivity contribution in [2.45, 2.75) is 32.6 Å². The van der Waals surface area contributed by atoms with Crippen LogP contribution in [0.4, 0.5) is 0 Å². The van der Waals surface area contributed by atoms with Gasteiger partial charge in [0.15, 0.2) is 0 Å². The average molecular weight is 254 g/mol. The number of nitrogens with zero attached hydrogens (tertiary/aromatic N) is 3. The molecule has 0 N–H and O–H groups in total. The van der Waals surface area contributed by atoms with Crippen molar-refractivity contribution >= 4 is 22.6 Å². The molecule has 1 aromatic carbocycles. The molecule has 0 saturated heterocycles. The van der Waals surface area contributed by atoms with E-state index in [9.17, 15) is 0 Å². The molecule has 92 valence electrons. The van der Waals surface area contributed by atoms with E-state index in [1.165, 1.54) is 24.1 Å². The molecule has 1 heterocycles. The minimum absolute atomic E-state index is 0.660. The maximum atomic E-state index is 5.87. The molecule has 0 amide bonds. The second-order valence-electron chi connectivity index (χ2n) is 3.99. The van der Waals surface area contributed by atoms with Gasteiger partial charge in [-0.25, -0.2) is 0 Å². The number of halogens is 1. The van der Waals surface area contributed by atoms with E-state index in [2.05, 4.69) is 17.2 Å². The van der Waals surface area contributed by atoms with Gasteiger partial charge >= 0.3 is 0 Å². The third kappa shape index (κ3) is 3.09. The highest BCUT2D eigenvalue weighted by atomic mass is 35.5. The molecule has 4 nitrogen and oxygen atoms in total. The minimum Gasteiger partial charge on any atom is -0.395 e. The van der Waals surface area contributed by atoms with Gasteiger partial charge in [0.1, 0.15) is 17.6 Å². The van der Waals surface area contributed by atoms with Crippen LogP contribution in [0.5, 0.6) is 0 Å². The fraction of sp³-hybridized carbons (Fsp3) is 0.500. The summed E-state index contributed by atoms with van der Waals surface area (Å²) < 4.78 is 0. The zero-order valence-corrected chi connectivity index (χ0v) is 10.7. The maximum Gasteiger partial charge on any atom is 0.130 e. The van der Waals surface area contributed by atoms with Crippen molar-refractivity contribution < 1.29 is 4.84 Å². The van der Waals surface area contributed by atoms with Gasteiger partial charge in [0.2, 0.25) is 0 Å². The van der Waals surface area contributed by atoms with Crippen LogP contribution in [-0.4, -0.2) is 21.8 Å². The molecule has 0 aliphatic heterocycles. The van der Waals surface area contributed by atoms with E-state index in [-0.39, 0.29) is 0 Å². The van der Waals surface area contributed by atoms with Crippen LogP contribution in [0, 0.1) is 0 Å². The number of hydrogen-bond acceptors (Lipinski definition) is 3. The molecule has 0 aliphatic rings. The lowest BCUT2D eigenvalue weighted by Crippen LogP contribution is -2.14. The number of unbranched alkanes of at least 4 members (excludes halogenated alkanes) is 3. The number of aromatic nitrogens is 3. The number of benzene rings is 1. The molecule has 0 bridgehead atoms. The Balaban J connectivity index is 1.95. The third-order valence-corrected chi connectivity index (χ3v) is 2.82. The second kappa shape index (κ2) is 5.87. The molecule has 17 heavy (non-hydrogen) atoms. The van der Waals surface area contributed by atoms with E-state index in [1.54, 1.807) is 6.07 Å². The quantitative estimate of drug-likeness (QED) is 0.743. The molecule has 0 spiro atoms. The summed E-state index contributed by atoms with van der Waals surface area (Å²) in [7, 11) is 0. The van der Waals surface area contributed by atoms with Crippen molar-refractivity contribution in [1.82, 2.24) is 15.2 Å². The van der Waals surface area contributed by atoms with Gasteiger partial charge < -0.3 is 4.84 Å². The first-order valence-corrected chi connectivity index (χ1v) is 6.33. The smallest absolute Gasteiger partial charge is 0.130 e. The first kappa shape index (κ1) is 12.2. The van der Waals surface area contributed by atoms with Crippen LogP contribution in [-0.2, 0) is 0 Å². The molecule has 5 heteroatoms.